The van der Waals surface area contributed by atoms with E-state index in [1.54, 1.807) is 0 Å². The van der Waals surface area contributed by atoms with Gasteiger partial charge in [-0.15, -0.1) is 0 Å². The van der Waals surface area contributed by atoms with Crippen molar-refractivity contribution < 1.29 is 23.8 Å². The van der Waals surface area contributed by atoms with Crippen molar-refractivity contribution in [1.29, 1.82) is 0 Å². The van der Waals surface area contributed by atoms with Crippen molar-refractivity contribution in [1.82, 2.24) is 5.32 Å². The van der Waals surface area contributed by atoms with Gasteiger partial charge in [0.2, 0.25) is 0 Å². The summed E-state index contributed by atoms with van der Waals surface area (Å²) in [6, 6.07) is 8.29. The van der Waals surface area contributed by atoms with Crippen LogP contribution in [0.25, 0.3) is 0 Å². The first-order valence-corrected chi connectivity index (χ1v) is 11.4. The lowest BCUT2D eigenvalue weighted by Crippen LogP contribution is -2.26. The van der Waals surface area contributed by atoms with E-state index in [-0.39, 0.29) is 17.5 Å². The summed E-state index contributed by atoms with van der Waals surface area (Å²) in [6.45, 7) is 7.66. The predicted octanol–water partition coefficient (Wildman–Crippen LogP) is 4.23. The van der Waals surface area contributed by atoms with Crippen LogP contribution in [0.3, 0.4) is 0 Å². The number of esters is 2. The van der Waals surface area contributed by atoms with E-state index in [9.17, 15) is 9.59 Å². The van der Waals surface area contributed by atoms with Gasteiger partial charge >= 0.3 is 11.9 Å². The van der Waals surface area contributed by atoms with Crippen LogP contribution in [0, 0.1) is 0 Å². The summed E-state index contributed by atoms with van der Waals surface area (Å²) in [5.74, 6) is -0.442. The highest BCUT2D eigenvalue weighted by Gasteiger charge is 2.18. The maximum atomic E-state index is 11.6. The minimum atomic E-state index is -0.560. The normalized spacial score (nSPS) is 12.4. The van der Waals surface area contributed by atoms with E-state index in [0.29, 0.717) is 12.8 Å². The molecule has 1 rings (SSSR count). The predicted molar refractivity (Wildman–Crippen MR) is 123 cm³/mol. The van der Waals surface area contributed by atoms with Gasteiger partial charge in [-0.2, -0.15) is 0 Å². The summed E-state index contributed by atoms with van der Waals surface area (Å²) >= 11 is 0. The van der Waals surface area contributed by atoms with Crippen molar-refractivity contribution in [2.24, 2.45) is 0 Å². The maximum absolute atomic E-state index is 11.6. The second-order valence-corrected chi connectivity index (χ2v) is 8.87. The molecule has 1 N–H and O–H groups in total. The zero-order valence-corrected chi connectivity index (χ0v) is 20.0. The van der Waals surface area contributed by atoms with E-state index in [1.807, 2.05) is 32.9 Å². The Morgan fingerprint density at radius 2 is 1.52 bits per heavy atom. The van der Waals surface area contributed by atoms with E-state index in [4.69, 9.17) is 14.2 Å². The molecule has 0 saturated carbocycles. The molecule has 1 atom stereocenters. The van der Waals surface area contributed by atoms with Gasteiger partial charge in [-0.3, -0.25) is 4.79 Å². The van der Waals surface area contributed by atoms with Crippen molar-refractivity contribution in [3.05, 3.63) is 35.4 Å². The molecule has 0 amide bonds. The Morgan fingerprint density at radius 3 is 2.13 bits per heavy atom. The molecule has 1 aromatic carbocycles. The van der Waals surface area contributed by atoms with Crippen molar-refractivity contribution >= 4 is 11.9 Å². The summed E-state index contributed by atoms with van der Waals surface area (Å²) in [7, 11) is 2.89. The lowest BCUT2D eigenvalue weighted by atomic mass is 10.0. The summed E-state index contributed by atoms with van der Waals surface area (Å²) in [5.41, 5.74) is 1.94. The molecule has 0 heterocycles. The molecule has 1 unspecified atom stereocenters. The monoisotopic (exact) mass is 435 g/mol. The van der Waals surface area contributed by atoms with Crippen molar-refractivity contribution in [3.63, 3.8) is 0 Å². The molecule has 0 saturated heterocycles. The smallest absolute Gasteiger partial charge is 0.335 e. The largest absolute Gasteiger partial charge is 0.467 e. The zero-order chi connectivity index (χ0) is 23.1. The van der Waals surface area contributed by atoms with Crippen LogP contribution in [-0.4, -0.2) is 51.0 Å². The lowest BCUT2D eigenvalue weighted by Gasteiger charge is -2.19. The summed E-state index contributed by atoms with van der Waals surface area (Å²) < 4.78 is 15.3. The molecule has 31 heavy (non-hydrogen) atoms. The van der Waals surface area contributed by atoms with Gasteiger partial charge in [0.25, 0.3) is 0 Å². The van der Waals surface area contributed by atoms with Crippen molar-refractivity contribution in [2.45, 2.75) is 83.8 Å². The Morgan fingerprint density at radius 1 is 0.903 bits per heavy atom. The standard InChI is InChI=1S/C25H41NO5/c1-25(2,3)31-23(27)11-9-7-6-8-10-17-26-18-16-20-12-14-21(15-13-20)19-22(29-4)24(28)30-5/h12-15,22,26H,6-11,16-19H2,1-5H3. The highest BCUT2D eigenvalue weighted by atomic mass is 16.6. The fourth-order valence-corrected chi connectivity index (χ4v) is 3.25. The van der Waals surface area contributed by atoms with E-state index < -0.39 is 6.10 Å². The van der Waals surface area contributed by atoms with Gasteiger partial charge in [-0.25, -0.2) is 4.79 Å². The quantitative estimate of drug-likeness (QED) is 0.328. The highest BCUT2D eigenvalue weighted by molar-refractivity contribution is 5.74. The molecule has 6 heteroatoms. The average Bonchev–Trinajstić information content (AvgIpc) is 2.72. The fraction of sp³-hybridized carbons (Fsp3) is 0.680. The Bertz CT molecular complexity index is 636. The van der Waals surface area contributed by atoms with Crippen molar-refractivity contribution in [3.8, 4) is 0 Å². The number of carbonyl (C=O) groups is 2. The first-order valence-electron chi connectivity index (χ1n) is 11.4. The minimum Gasteiger partial charge on any atom is -0.467 e. The van der Waals surface area contributed by atoms with Gasteiger partial charge in [0.15, 0.2) is 6.10 Å². The zero-order valence-electron chi connectivity index (χ0n) is 20.0. The van der Waals surface area contributed by atoms with Crippen LogP contribution < -0.4 is 5.32 Å². The number of unbranched alkanes of at least 4 members (excludes halogenated alkanes) is 4. The number of rotatable bonds is 15. The van der Waals surface area contributed by atoms with Gasteiger partial charge in [-0.05, 0) is 64.3 Å². The van der Waals surface area contributed by atoms with Gasteiger partial charge < -0.3 is 19.5 Å². The first-order chi connectivity index (χ1) is 14.7. The van der Waals surface area contributed by atoms with Gasteiger partial charge in [0.05, 0.1) is 7.11 Å². The molecule has 1 aromatic rings. The molecule has 0 aliphatic rings. The number of nitrogens with one attached hydrogen (secondary N) is 1. The molecule has 0 aromatic heterocycles. The average molecular weight is 436 g/mol. The molecule has 0 aliphatic carbocycles. The maximum Gasteiger partial charge on any atom is 0.335 e. The van der Waals surface area contributed by atoms with Gasteiger partial charge in [-0.1, -0.05) is 43.5 Å². The van der Waals surface area contributed by atoms with Crippen molar-refractivity contribution in [2.75, 3.05) is 27.3 Å². The number of benzene rings is 1. The molecule has 0 aliphatic heterocycles. The molecule has 0 bridgehead atoms. The summed E-state index contributed by atoms with van der Waals surface area (Å²) in [6.07, 6.45) is 6.90. The first kappa shape index (κ1) is 27.1. The Balaban J connectivity index is 2.07. The molecule has 6 nitrogen and oxygen atoms in total. The van der Waals surface area contributed by atoms with Crippen LogP contribution in [0.1, 0.15) is 70.4 Å². The van der Waals surface area contributed by atoms with Gasteiger partial charge in [0.1, 0.15) is 5.60 Å². The van der Waals surface area contributed by atoms with E-state index >= 15 is 0 Å². The number of hydrogen-bond donors (Lipinski definition) is 1. The fourth-order valence-electron chi connectivity index (χ4n) is 3.25. The summed E-state index contributed by atoms with van der Waals surface area (Å²) in [5, 5.41) is 3.49. The lowest BCUT2D eigenvalue weighted by molar-refractivity contribution is -0.155. The third kappa shape index (κ3) is 13.2. The Hall–Kier alpha value is -1.92. The number of carbonyl (C=O) groups excluding carboxylic acids is 2. The number of hydrogen-bond acceptors (Lipinski definition) is 6. The number of ether oxygens (including phenoxy) is 3. The number of methoxy groups -OCH3 is 2. The molecule has 176 valence electrons. The van der Waals surface area contributed by atoms with Crippen LogP contribution in [-0.2, 0) is 36.6 Å². The third-order valence-electron chi connectivity index (χ3n) is 4.94. The third-order valence-corrected chi connectivity index (χ3v) is 4.94. The topological polar surface area (TPSA) is 73.9 Å². The molecular weight excluding hydrogens is 394 g/mol. The van der Waals surface area contributed by atoms with Crippen LogP contribution in [0.5, 0.6) is 0 Å². The van der Waals surface area contributed by atoms with E-state index in [0.717, 1.165) is 50.8 Å². The van der Waals surface area contributed by atoms with Crippen LogP contribution >= 0.6 is 0 Å². The second kappa shape index (κ2) is 15.0. The minimum absolute atomic E-state index is 0.0934. The molecule has 0 spiro atoms. The summed E-state index contributed by atoms with van der Waals surface area (Å²) in [4.78, 5) is 23.3. The Kier molecular flexibility index (Phi) is 13.1. The second-order valence-electron chi connectivity index (χ2n) is 8.87. The van der Waals surface area contributed by atoms with E-state index in [2.05, 4.69) is 17.4 Å². The molecule has 0 fully saturated rings. The van der Waals surface area contributed by atoms with E-state index in [1.165, 1.54) is 26.2 Å². The van der Waals surface area contributed by atoms with Crippen LogP contribution in [0.4, 0.5) is 0 Å². The molecule has 0 radical (unpaired) electrons. The Labute approximate surface area is 188 Å². The van der Waals surface area contributed by atoms with Crippen LogP contribution in [0.2, 0.25) is 0 Å². The van der Waals surface area contributed by atoms with Gasteiger partial charge in [0, 0.05) is 20.0 Å². The highest BCUT2D eigenvalue weighted by Crippen LogP contribution is 2.12. The SMILES string of the molecule is COC(=O)C(Cc1ccc(CCNCCCCCCCC(=O)OC(C)(C)C)cc1)OC. The van der Waals surface area contributed by atoms with Crippen LogP contribution in [0.15, 0.2) is 24.3 Å². The molecular formula is C25H41NO5.